The number of carbonyl (C=O) groups excluding carboxylic acids is 1. The fraction of sp³-hybridized carbons (Fsp3) is 0.316. The smallest absolute Gasteiger partial charge is 0.248 e. The van der Waals surface area contributed by atoms with E-state index in [9.17, 15) is 9.18 Å². The minimum absolute atomic E-state index is 0.195. The zero-order valence-corrected chi connectivity index (χ0v) is 14.0. The molecule has 0 spiro atoms. The third-order valence-electron chi connectivity index (χ3n) is 4.70. The minimum atomic E-state index is -0.615. The Morgan fingerprint density at radius 3 is 2.62 bits per heavy atom. The van der Waals surface area contributed by atoms with Crippen LogP contribution in [0.1, 0.15) is 29.3 Å². The van der Waals surface area contributed by atoms with Crippen LogP contribution in [-0.4, -0.2) is 25.5 Å². The monoisotopic (exact) mass is 327 g/mol. The minimum Gasteiger partial charge on any atom is -0.373 e. The predicted molar refractivity (Wildman–Crippen MR) is 94.9 cm³/mol. The molecular weight excluding hydrogens is 305 g/mol. The van der Waals surface area contributed by atoms with Crippen LogP contribution >= 0.6 is 0 Å². The molecule has 2 aromatic rings. The Labute approximate surface area is 141 Å². The van der Waals surface area contributed by atoms with E-state index in [1.165, 1.54) is 6.07 Å². The van der Waals surface area contributed by atoms with Crippen LogP contribution in [0.2, 0.25) is 0 Å². The lowest BCUT2D eigenvalue weighted by molar-refractivity contribution is 0.1000. The fourth-order valence-corrected chi connectivity index (χ4v) is 3.18. The molecule has 24 heavy (non-hydrogen) atoms. The average Bonchev–Trinajstić information content (AvgIpc) is 2.68. The van der Waals surface area contributed by atoms with E-state index in [0.29, 0.717) is 12.1 Å². The summed E-state index contributed by atoms with van der Waals surface area (Å²) in [5.41, 5.74) is 8.22. The first kappa shape index (κ1) is 16.3. The van der Waals surface area contributed by atoms with Gasteiger partial charge in [-0.25, -0.2) is 4.39 Å². The summed E-state index contributed by atoms with van der Waals surface area (Å²) in [6, 6.07) is 12.9. The second-order valence-corrected chi connectivity index (χ2v) is 6.35. The molecule has 1 heterocycles. The van der Waals surface area contributed by atoms with Crippen molar-refractivity contribution >= 4 is 17.3 Å². The molecule has 1 aliphatic heterocycles. The molecule has 1 amide bonds. The Bertz CT molecular complexity index is 762. The third kappa shape index (κ3) is 3.07. The molecule has 2 N–H and O–H groups in total. The summed E-state index contributed by atoms with van der Waals surface area (Å²) >= 11 is 0. The van der Waals surface area contributed by atoms with Gasteiger partial charge >= 0.3 is 0 Å². The maximum Gasteiger partial charge on any atom is 0.248 e. The van der Waals surface area contributed by atoms with Crippen molar-refractivity contribution in [3.05, 3.63) is 59.4 Å². The standard InChI is InChI=1S/C19H22FN3O/c1-13-9-10-22(2)17-5-3-4-6-18(17)23(13)12-15-8-7-14(19(21)24)11-16(15)20/h3-8,11,13H,9-10,12H2,1-2H3,(H2,21,24). The number of rotatable bonds is 3. The van der Waals surface area contributed by atoms with E-state index in [2.05, 4.69) is 35.9 Å². The maximum atomic E-state index is 14.4. The van der Waals surface area contributed by atoms with Crippen molar-refractivity contribution in [2.75, 3.05) is 23.4 Å². The zero-order valence-electron chi connectivity index (χ0n) is 14.0. The van der Waals surface area contributed by atoms with E-state index in [1.54, 1.807) is 12.1 Å². The van der Waals surface area contributed by atoms with Crippen molar-refractivity contribution in [3.63, 3.8) is 0 Å². The molecule has 0 aromatic heterocycles. The molecule has 1 atom stereocenters. The van der Waals surface area contributed by atoms with Crippen LogP contribution in [0.4, 0.5) is 15.8 Å². The molecular formula is C19H22FN3O. The number of halogens is 1. The summed E-state index contributed by atoms with van der Waals surface area (Å²) in [6.07, 6.45) is 0.992. The van der Waals surface area contributed by atoms with E-state index >= 15 is 0 Å². The van der Waals surface area contributed by atoms with Gasteiger partial charge in [0.15, 0.2) is 0 Å². The van der Waals surface area contributed by atoms with Gasteiger partial charge < -0.3 is 15.5 Å². The molecule has 1 aliphatic rings. The van der Waals surface area contributed by atoms with Crippen molar-refractivity contribution in [2.24, 2.45) is 5.73 Å². The van der Waals surface area contributed by atoms with Gasteiger partial charge in [0.1, 0.15) is 5.82 Å². The molecule has 3 rings (SSSR count). The van der Waals surface area contributed by atoms with Gasteiger partial charge in [0.25, 0.3) is 0 Å². The van der Waals surface area contributed by atoms with Crippen molar-refractivity contribution in [3.8, 4) is 0 Å². The molecule has 5 heteroatoms. The number of carbonyl (C=O) groups is 1. The zero-order chi connectivity index (χ0) is 17.3. The van der Waals surface area contributed by atoms with E-state index in [1.807, 2.05) is 12.1 Å². The maximum absolute atomic E-state index is 14.4. The third-order valence-corrected chi connectivity index (χ3v) is 4.70. The summed E-state index contributed by atoms with van der Waals surface area (Å²) in [5, 5.41) is 0. The molecule has 0 saturated heterocycles. The number of hydrogen-bond acceptors (Lipinski definition) is 3. The lowest BCUT2D eigenvalue weighted by atomic mass is 10.1. The van der Waals surface area contributed by atoms with Crippen LogP contribution in [0, 0.1) is 5.82 Å². The SMILES string of the molecule is CC1CCN(C)c2ccccc2N1Cc1ccc(C(N)=O)cc1F. The van der Waals surface area contributed by atoms with Crippen molar-refractivity contribution < 1.29 is 9.18 Å². The van der Waals surface area contributed by atoms with E-state index in [4.69, 9.17) is 5.73 Å². The summed E-state index contributed by atoms with van der Waals surface area (Å²) in [6.45, 7) is 3.57. The van der Waals surface area contributed by atoms with Gasteiger partial charge in [-0.05, 0) is 37.6 Å². The van der Waals surface area contributed by atoms with Gasteiger partial charge in [0, 0.05) is 37.3 Å². The Morgan fingerprint density at radius 2 is 1.96 bits per heavy atom. The van der Waals surface area contributed by atoms with Gasteiger partial charge in [-0.15, -0.1) is 0 Å². The highest BCUT2D eigenvalue weighted by Gasteiger charge is 2.24. The Kier molecular flexibility index (Phi) is 4.42. The van der Waals surface area contributed by atoms with Crippen LogP contribution in [0.25, 0.3) is 0 Å². The molecule has 0 saturated carbocycles. The fourth-order valence-electron chi connectivity index (χ4n) is 3.18. The Balaban J connectivity index is 1.96. The number of benzene rings is 2. The number of nitrogens with zero attached hydrogens (tertiary/aromatic N) is 2. The molecule has 0 radical (unpaired) electrons. The molecule has 2 aromatic carbocycles. The summed E-state index contributed by atoms with van der Waals surface area (Å²) in [4.78, 5) is 15.6. The summed E-state index contributed by atoms with van der Waals surface area (Å²) < 4.78 is 14.4. The lowest BCUT2D eigenvalue weighted by Crippen LogP contribution is -2.32. The topological polar surface area (TPSA) is 49.6 Å². The van der Waals surface area contributed by atoms with Gasteiger partial charge in [-0.2, -0.15) is 0 Å². The second-order valence-electron chi connectivity index (χ2n) is 6.35. The number of nitrogens with two attached hydrogens (primary N) is 1. The quantitative estimate of drug-likeness (QED) is 0.942. The average molecular weight is 327 g/mol. The van der Waals surface area contributed by atoms with Crippen LogP contribution in [-0.2, 0) is 6.54 Å². The van der Waals surface area contributed by atoms with Crippen LogP contribution in [0.15, 0.2) is 42.5 Å². The van der Waals surface area contributed by atoms with Crippen LogP contribution in [0.5, 0.6) is 0 Å². The highest BCUT2D eigenvalue weighted by molar-refractivity contribution is 5.92. The van der Waals surface area contributed by atoms with E-state index < -0.39 is 11.7 Å². The first-order valence-corrected chi connectivity index (χ1v) is 8.12. The van der Waals surface area contributed by atoms with Crippen molar-refractivity contribution in [2.45, 2.75) is 25.9 Å². The summed E-state index contributed by atoms with van der Waals surface area (Å²) in [5.74, 6) is -1.01. The number of fused-ring (bicyclic) bond motifs is 1. The van der Waals surface area contributed by atoms with Crippen LogP contribution < -0.4 is 15.5 Å². The van der Waals surface area contributed by atoms with Gasteiger partial charge in [0.05, 0.1) is 11.4 Å². The first-order chi connectivity index (χ1) is 11.5. The molecule has 4 nitrogen and oxygen atoms in total. The number of amides is 1. The van der Waals surface area contributed by atoms with Gasteiger partial charge in [0.2, 0.25) is 5.91 Å². The van der Waals surface area contributed by atoms with Crippen LogP contribution in [0.3, 0.4) is 0 Å². The number of hydrogen-bond donors (Lipinski definition) is 1. The molecule has 0 bridgehead atoms. The van der Waals surface area contributed by atoms with Crippen molar-refractivity contribution in [1.29, 1.82) is 0 Å². The first-order valence-electron chi connectivity index (χ1n) is 8.12. The Hall–Kier alpha value is -2.56. The predicted octanol–water partition coefficient (Wildman–Crippen LogP) is 3.16. The number of anilines is 2. The van der Waals surface area contributed by atoms with E-state index in [0.717, 1.165) is 24.3 Å². The second kappa shape index (κ2) is 6.51. The normalized spacial score (nSPS) is 17.4. The Morgan fingerprint density at radius 1 is 1.25 bits per heavy atom. The number of para-hydroxylation sites is 2. The van der Waals surface area contributed by atoms with Crippen molar-refractivity contribution in [1.82, 2.24) is 0 Å². The van der Waals surface area contributed by atoms with Gasteiger partial charge in [-0.1, -0.05) is 18.2 Å². The molecule has 126 valence electrons. The highest BCUT2D eigenvalue weighted by Crippen LogP contribution is 2.34. The molecule has 1 unspecified atom stereocenters. The number of primary amides is 1. The van der Waals surface area contributed by atoms with E-state index in [-0.39, 0.29) is 11.6 Å². The molecule has 0 aliphatic carbocycles. The molecule has 0 fully saturated rings. The van der Waals surface area contributed by atoms with Gasteiger partial charge in [-0.3, -0.25) is 4.79 Å². The lowest BCUT2D eigenvalue weighted by Gasteiger charge is -2.31. The highest BCUT2D eigenvalue weighted by atomic mass is 19.1. The largest absolute Gasteiger partial charge is 0.373 e. The summed E-state index contributed by atoms with van der Waals surface area (Å²) in [7, 11) is 2.08.